The maximum absolute atomic E-state index is 11.6. The van der Waals surface area contributed by atoms with E-state index in [2.05, 4.69) is 5.32 Å². The van der Waals surface area contributed by atoms with Crippen molar-refractivity contribution in [3.8, 4) is 0 Å². The molecule has 0 aromatic rings. The van der Waals surface area contributed by atoms with Gasteiger partial charge in [0.1, 0.15) is 0 Å². The van der Waals surface area contributed by atoms with E-state index in [1.807, 2.05) is 30.9 Å². The minimum absolute atomic E-state index is 0.0227. The van der Waals surface area contributed by atoms with Crippen molar-refractivity contribution in [3.05, 3.63) is 0 Å². The normalized spacial score (nSPS) is 22.1. The van der Waals surface area contributed by atoms with Gasteiger partial charge >= 0.3 is 0 Å². The summed E-state index contributed by atoms with van der Waals surface area (Å²) >= 11 is 0. The van der Waals surface area contributed by atoms with E-state index in [0.29, 0.717) is 25.9 Å². The van der Waals surface area contributed by atoms with Gasteiger partial charge in [0.25, 0.3) is 0 Å². The van der Waals surface area contributed by atoms with Crippen molar-refractivity contribution in [2.75, 3.05) is 52.3 Å². The third kappa shape index (κ3) is 6.35. The smallest absolute Gasteiger partial charge is 0.221 e. The molecule has 1 fully saturated rings. The quantitative estimate of drug-likeness (QED) is 0.663. The molecule has 0 aliphatic carbocycles. The highest BCUT2D eigenvalue weighted by atomic mass is 32.2. The predicted molar refractivity (Wildman–Crippen MR) is 75.9 cm³/mol. The van der Waals surface area contributed by atoms with Gasteiger partial charge in [0.15, 0.2) is 9.84 Å². The van der Waals surface area contributed by atoms with Crippen LogP contribution < -0.4 is 5.32 Å². The Kier molecular flexibility index (Phi) is 6.22. The molecular weight excluding hydrogens is 266 g/mol. The highest BCUT2D eigenvalue weighted by Gasteiger charge is 2.30. The van der Waals surface area contributed by atoms with Gasteiger partial charge in [0.05, 0.1) is 11.5 Å². The number of rotatable bonds is 7. The van der Waals surface area contributed by atoms with Crippen molar-refractivity contribution in [1.82, 2.24) is 15.1 Å². The number of likely N-dealkylation sites (N-methyl/N-ethyl adjacent to an activating group) is 1. The topological polar surface area (TPSA) is 69.7 Å². The van der Waals surface area contributed by atoms with Gasteiger partial charge in [-0.1, -0.05) is 0 Å². The highest BCUT2D eigenvalue weighted by Crippen LogP contribution is 2.16. The zero-order valence-corrected chi connectivity index (χ0v) is 12.9. The second-order valence-electron chi connectivity index (χ2n) is 5.44. The summed E-state index contributed by atoms with van der Waals surface area (Å²) in [6.07, 6.45) is 1.10. The maximum atomic E-state index is 11.6. The lowest BCUT2D eigenvalue weighted by atomic mass is 10.2. The van der Waals surface area contributed by atoms with Gasteiger partial charge < -0.3 is 15.1 Å². The van der Waals surface area contributed by atoms with Crippen LogP contribution >= 0.6 is 0 Å². The van der Waals surface area contributed by atoms with E-state index in [1.54, 1.807) is 0 Å². The molecule has 1 aliphatic heterocycles. The first-order chi connectivity index (χ1) is 8.80. The van der Waals surface area contributed by atoms with Crippen LogP contribution in [0.2, 0.25) is 0 Å². The fraction of sp³-hybridized carbons (Fsp3) is 0.917. The van der Waals surface area contributed by atoms with E-state index in [-0.39, 0.29) is 23.5 Å². The summed E-state index contributed by atoms with van der Waals surface area (Å²) < 4.78 is 22.8. The molecule has 1 unspecified atom stereocenters. The number of carbonyl (C=O) groups is 1. The molecule has 6 nitrogen and oxygen atoms in total. The third-order valence-corrected chi connectivity index (χ3v) is 5.15. The number of amides is 1. The second kappa shape index (κ2) is 7.21. The minimum Gasteiger partial charge on any atom is -0.355 e. The summed E-state index contributed by atoms with van der Waals surface area (Å²) in [6, 6.07) is 0.0691. The zero-order chi connectivity index (χ0) is 14.5. The van der Waals surface area contributed by atoms with Crippen LogP contribution in [0.25, 0.3) is 0 Å². The lowest BCUT2D eigenvalue weighted by Gasteiger charge is -2.22. The molecule has 1 aliphatic rings. The predicted octanol–water partition coefficient (Wildman–Crippen LogP) is -0.827. The van der Waals surface area contributed by atoms with Crippen LogP contribution in [0.5, 0.6) is 0 Å². The van der Waals surface area contributed by atoms with E-state index in [1.165, 1.54) is 0 Å². The Labute approximate surface area is 116 Å². The van der Waals surface area contributed by atoms with Crippen LogP contribution in [0, 0.1) is 0 Å². The summed E-state index contributed by atoms with van der Waals surface area (Å²) in [5.74, 6) is 0.525. The van der Waals surface area contributed by atoms with E-state index in [4.69, 9.17) is 0 Å². The molecule has 112 valence electrons. The van der Waals surface area contributed by atoms with Gasteiger partial charge in [-0.3, -0.25) is 4.79 Å². The van der Waals surface area contributed by atoms with Crippen LogP contribution in [0.1, 0.15) is 12.8 Å². The van der Waals surface area contributed by atoms with Crippen molar-refractivity contribution in [2.24, 2.45) is 0 Å². The number of carbonyl (C=O) groups excluding carboxylic acids is 1. The average molecular weight is 291 g/mol. The molecule has 1 heterocycles. The number of nitrogens with zero attached hydrogens (tertiary/aromatic N) is 2. The van der Waals surface area contributed by atoms with E-state index >= 15 is 0 Å². The Morgan fingerprint density at radius 2 is 1.95 bits per heavy atom. The van der Waals surface area contributed by atoms with Gasteiger partial charge in [-0.05, 0) is 27.6 Å². The van der Waals surface area contributed by atoms with Crippen molar-refractivity contribution in [2.45, 2.75) is 18.9 Å². The molecule has 1 atom stereocenters. The molecule has 1 saturated heterocycles. The monoisotopic (exact) mass is 291 g/mol. The largest absolute Gasteiger partial charge is 0.355 e. The highest BCUT2D eigenvalue weighted by molar-refractivity contribution is 7.91. The SMILES string of the molecule is CN(C)CCNC(=O)CCN(C)C1CCS(=O)(=O)C1. The molecule has 1 N–H and O–H groups in total. The van der Waals surface area contributed by atoms with Crippen LogP contribution in [0.4, 0.5) is 0 Å². The molecular formula is C12H25N3O3S. The summed E-state index contributed by atoms with van der Waals surface area (Å²) in [5, 5.41) is 2.85. The summed E-state index contributed by atoms with van der Waals surface area (Å²) in [5.41, 5.74) is 0. The number of nitrogens with one attached hydrogen (secondary N) is 1. The second-order valence-corrected chi connectivity index (χ2v) is 7.67. The average Bonchev–Trinajstić information content (AvgIpc) is 2.66. The number of hydrogen-bond donors (Lipinski definition) is 1. The molecule has 0 saturated carbocycles. The Morgan fingerprint density at radius 3 is 2.47 bits per heavy atom. The van der Waals surface area contributed by atoms with Gasteiger partial charge in [0, 0.05) is 32.1 Å². The summed E-state index contributed by atoms with van der Waals surface area (Å²) in [4.78, 5) is 15.6. The van der Waals surface area contributed by atoms with Gasteiger partial charge in [-0.25, -0.2) is 8.42 Å². The molecule has 0 aromatic carbocycles. The first kappa shape index (κ1) is 16.4. The number of hydrogen-bond acceptors (Lipinski definition) is 5. The fourth-order valence-electron chi connectivity index (χ4n) is 2.09. The Morgan fingerprint density at radius 1 is 1.26 bits per heavy atom. The molecule has 1 amide bonds. The fourth-order valence-corrected chi connectivity index (χ4v) is 3.90. The number of sulfone groups is 1. The standard InChI is InChI=1S/C12H25N3O3S/c1-14(2)8-6-13-12(16)4-7-15(3)11-5-9-19(17,18)10-11/h11H,4-10H2,1-3H3,(H,13,16). The molecule has 19 heavy (non-hydrogen) atoms. The molecule has 0 radical (unpaired) electrons. The summed E-state index contributed by atoms with van der Waals surface area (Å²) in [7, 11) is 2.95. The van der Waals surface area contributed by atoms with Gasteiger partial charge in [-0.2, -0.15) is 0 Å². The molecule has 7 heteroatoms. The first-order valence-corrected chi connectivity index (χ1v) is 8.44. The van der Waals surface area contributed by atoms with Crippen molar-refractivity contribution < 1.29 is 13.2 Å². The van der Waals surface area contributed by atoms with E-state index in [9.17, 15) is 13.2 Å². The Bertz CT molecular complexity index is 395. The lowest BCUT2D eigenvalue weighted by Crippen LogP contribution is -2.37. The molecule has 0 spiro atoms. The Hall–Kier alpha value is -0.660. The van der Waals surface area contributed by atoms with Crippen LogP contribution in [-0.2, 0) is 14.6 Å². The van der Waals surface area contributed by atoms with Crippen LogP contribution in [0.3, 0.4) is 0 Å². The van der Waals surface area contributed by atoms with Crippen LogP contribution in [0.15, 0.2) is 0 Å². The van der Waals surface area contributed by atoms with Crippen LogP contribution in [-0.4, -0.2) is 82.4 Å². The third-order valence-electron chi connectivity index (χ3n) is 3.40. The van der Waals surface area contributed by atoms with E-state index < -0.39 is 9.84 Å². The first-order valence-electron chi connectivity index (χ1n) is 6.62. The molecule has 0 aromatic heterocycles. The van der Waals surface area contributed by atoms with Gasteiger partial charge in [0.2, 0.25) is 5.91 Å². The Balaban J connectivity index is 2.19. The minimum atomic E-state index is -2.85. The van der Waals surface area contributed by atoms with Crippen molar-refractivity contribution in [1.29, 1.82) is 0 Å². The van der Waals surface area contributed by atoms with Crippen molar-refractivity contribution in [3.63, 3.8) is 0 Å². The molecule has 1 rings (SSSR count). The van der Waals surface area contributed by atoms with Crippen molar-refractivity contribution >= 4 is 15.7 Å². The zero-order valence-electron chi connectivity index (χ0n) is 12.1. The maximum Gasteiger partial charge on any atom is 0.221 e. The lowest BCUT2D eigenvalue weighted by molar-refractivity contribution is -0.121. The van der Waals surface area contributed by atoms with E-state index in [0.717, 1.165) is 6.54 Å². The molecule has 0 bridgehead atoms. The summed E-state index contributed by atoms with van der Waals surface area (Å²) in [6.45, 7) is 2.07. The van der Waals surface area contributed by atoms with Gasteiger partial charge in [-0.15, -0.1) is 0 Å².